The van der Waals surface area contributed by atoms with Gasteiger partial charge in [-0.2, -0.15) is 0 Å². The van der Waals surface area contributed by atoms with Gasteiger partial charge >= 0.3 is 0 Å². The molecule has 0 bridgehead atoms. The van der Waals surface area contributed by atoms with Gasteiger partial charge in [0, 0.05) is 37.4 Å². The highest BCUT2D eigenvalue weighted by Gasteiger charge is 2.35. The van der Waals surface area contributed by atoms with Gasteiger partial charge in [-0.05, 0) is 37.3 Å². The fourth-order valence-corrected chi connectivity index (χ4v) is 3.30. The molecule has 0 spiro atoms. The molecule has 1 aromatic rings. The van der Waals surface area contributed by atoms with Crippen LogP contribution in [0.25, 0.3) is 0 Å². The highest BCUT2D eigenvalue weighted by atomic mass is 15.3. The first-order valence-corrected chi connectivity index (χ1v) is 8.41. The summed E-state index contributed by atoms with van der Waals surface area (Å²) in [6.07, 6.45) is 4.16. The largest absolute Gasteiger partial charge is 0.309 e. The summed E-state index contributed by atoms with van der Waals surface area (Å²) in [6, 6.07) is 4.86. The molecule has 3 nitrogen and oxygen atoms in total. The fraction of sp³-hybridized carbons (Fsp3) is 0.722. The first-order chi connectivity index (χ1) is 9.99. The summed E-state index contributed by atoms with van der Waals surface area (Å²) in [5, 5.41) is 3.76. The molecular weight excluding hydrogens is 258 g/mol. The predicted octanol–water partition coefficient (Wildman–Crippen LogP) is 3.24. The first-order valence-electron chi connectivity index (χ1n) is 8.41. The summed E-state index contributed by atoms with van der Waals surface area (Å²) < 4.78 is 0. The van der Waals surface area contributed by atoms with Crippen molar-refractivity contribution >= 4 is 0 Å². The number of pyridine rings is 1. The molecule has 0 aromatic carbocycles. The molecule has 1 aliphatic rings. The topological polar surface area (TPSA) is 28.2 Å². The second kappa shape index (κ2) is 6.89. The Bertz CT molecular complexity index is 458. The van der Waals surface area contributed by atoms with Crippen LogP contribution in [0.4, 0.5) is 0 Å². The Balaban J connectivity index is 2.20. The molecule has 0 amide bonds. The van der Waals surface area contributed by atoms with Gasteiger partial charge in [0.25, 0.3) is 0 Å². The minimum atomic E-state index is 0.229. The Morgan fingerprint density at radius 3 is 2.81 bits per heavy atom. The lowest BCUT2D eigenvalue weighted by molar-refractivity contribution is 0.0527. The van der Waals surface area contributed by atoms with Crippen molar-refractivity contribution in [1.82, 2.24) is 15.2 Å². The van der Waals surface area contributed by atoms with Gasteiger partial charge in [-0.25, -0.2) is 0 Å². The van der Waals surface area contributed by atoms with Crippen molar-refractivity contribution in [2.75, 3.05) is 13.1 Å². The van der Waals surface area contributed by atoms with E-state index in [9.17, 15) is 0 Å². The van der Waals surface area contributed by atoms with E-state index in [1.165, 1.54) is 11.3 Å². The molecule has 2 rings (SSSR count). The molecule has 1 aromatic heterocycles. The molecule has 1 N–H and O–H groups in total. The predicted molar refractivity (Wildman–Crippen MR) is 89.3 cm³/mol. The Morgan fingerprint density at radius 1 is 1.43 bits per heavy atom. The highest BCUT2D eigenvalue weighted by Crippen LogP contribution is 2.25. The normalized spacial score (nSPS) is 27.2. The zero-order valence-corrected chi connectivity index (χ0v) is 14.3. The molecule has 1 saturated heterocycles. The van der Waals surface area contributed by atoms with Crippen molar-refractivity contribution in [3.8, 4) is 0 Å². The zero-order chi connectivity index (χ0) is 15.5. The van der Waals surface area contributed by atoms with E-state index in [4.69, 9.17) is 0 Å². The molecular formula is C18H31N3. The average Bonchev–Trinajstić information content (AvgIpc) is 2.47. The van der Waals surface area contributed by atoms with Gasteiger partial charge in [0.15, 0.2) is 0 Å². The molecule has 2 unspecified atom stereocenters. The number of aromatic nitrogens is 1. The van der Waals surface area contributed by atoms with Crippen molar-refractivity contribution in [2.45, 2.75) is 65.6 Å². The van der Waals surface area contributed by atoms with E-state index in [1.54, 1.807) is 0 Å². The summed E-state index contributed by atoms with van der Waals surface area (Å²) in [4.78, 5) is 7.29. The van der Waals surface area contributed by atoms with Crippen molar-refractivity contribution in [1.29, 1.82) is 0 Å². The van der Waals surface area contributed by atoms with Crippen molar-refractivity contribution in [2.24, 2.45) is 5.92 Å². The summed E-state index contributed by atoms with van der Waals surface area (Å²) in [7, 11) is 0. The van der Waals surface area contributed by atoms with E-state index in [1.807, 2.05) is 6.20 Å². The van der Waals surface area contributed by atoms with E-state index in [0.717, 1.165) is 32.5 Å². The van der Waals surface area contributed by atoms with Crippen LogP contribution in [0.2, 0.25) is 0 Å². The molecule has 1 fully saturated rings. The van der Waals surface area contributed by atoms with Gasteiger partial charge < -0.3 is 5.32 Å². The summed E-state index contributed by atoms with van der Waals surface area (Å²) >= 11 is 0. The fourth-order valence-electron chi connectivity index (χ4n) is 3.30. The smallest absolute Gasteiger partial charge is 0.0575 e. The van der Waals surface area contributed by atoms with Crippen LogP contribution in [0.3, 0.4) is 0 Å². The standard InChI is InChI=1S/C18H31N3/c1-6-15-9-8-10-19-16(15)12-21-13-18(5,7-2)20-11-17(21)14(3)4/h8-10,14,17,20H,6-7,11-13H2,1-5H3. The van der Waals surface area contributed by atoms with E-state index in [0.29, 0.717) is 12.0 Å². The minimum absolute atomic E-state index is 0.229. The lowest BCUT2D eigenvalue weighted by atomic mass is 9.89. The number of aryl methyl sites for hydroxylation is 1. The number of rotatable bonds is 5. The molecule has 2 heterocycles. The van der Waals surface area contributed by atoms with Crippen LogP contribution in [0.5, 0.6) is 0 Å². The lowest BCUT2D eigenvalue weighted by Gasteiger charge is -2.47. The second-order valence-corrected chi connectivity index (χ2v) is 6.97. The SMILES string of the molecule is CCc1cccnc1CN1CC(C)(CC)NCC1C(C)C. The quantitative estimate of drug-likeness (QED) is 0.902. The monoisotopic (exact) mass is 289 g/mol. The third-order valence-corrected chi connectivity index (χ3v) is 5.03. The van der Waals surface area contributed by atoms with E-state index < -0.39 is 0 Å². The number of nitrogens with one attached hydrogen (secondary N) is 1. The summed E-state index contributed by atoms with van der Waals surface area (Å²) in [5.74, 6) is 0.660. The van der Waals surface area contributed by atoms with Crippen molar-refractivity contribution in [3.63, 3.8) is 0 Å². The van der Waals surface area contributed by atoms with Crippen molar-refractivity contribution < 1.29 is 0 Å². The Morgan fingerprint density at radius 2 is 2.19 bits per heavy atom. The maximum Gasteiger partial charge on any atom is 0.0575 e. The van der Waals surface area contributed by atoms with Crippen LogP contribution in [-0.4, -0.2) is 34.6 Å². The van der Waals surface area contributed by atoms with Crippen LogP contribution in [0.15, 0.2) is 18.3 Å². The minimum Gasteiger partial charge on any atom is -0.309 e. The number of hydrogen-bond donors (Lipinski definition) is 1. The number of nitrogens with zero attached hydrogens (tertiary/aromatic N) is 2. The van der Waals surface area contributed by atoms with Crippen LogP contribution in [0.1, 0.15) is 52.3 Å². The third-order valence-electron chi connectivity index (χ3n) is 5.03. The second-order valence-electron chi connectivity index (χ2n) is 6.97. The van der Waals surface area contributed by atoms with Gasteiger partial charge in [0.1, 0.15) is 0 Å². The van der Waals surface area contributed by atoms with Crippen LogP contribution >= 0.6 is 0 Å². The molecule has 0 aliphatic carbocycles. The van der Waals surface area contributed by atoms with Gasteiger partial charge in [-0.15, -0.1) is 0 Å². The van der Waals surface area contributed by atoms with E-state index in [-0.39, 0.29) is 5.54 Å². The maximum atomic E-state index is 4.65. The molecule has 1 aliphatic heterocycles. The van der Waals surface area contributed by atoms with Gasteiger partial charge in [-0.3, -0.25) is 9.88 Å². The molecule has 3 heteroatoms. The third kappa shape index (κ3) is 3.83. The van der Waals surface area contributed by atoms with Crippen LogP contribution < -0.4 is 5.32 Å². The highest BCUT2D eigenvalue weighted by molar-refractivity contribution is 5.20. The zero-order valence-electron chi connectivity index (χ0n) is 14.3. The average molecular weight is 289 g/mol. The van der Waals surface area contributed by atoms with Gasteiger partial charge in [-0.1, -0.05) is 33.8 Å². The summed E-state index contributed by atoms with van der Waals surface area (Å²) in [6.45, 7) is 14.6. The van der Waals surface area contributed by atoms with Crippen LogP contribution in [-0.2, 0) is 13.0 Å². The Hall–Kier alpha value is -0.930. The van der Waals surface area contributed by atoms with E-state index in [2.05, 4.69) is 62.0 Å². The molecule has 118 valence electrons. The number of piperazine rings is 1. The Kier molecular flexibility index (Phi) is 5.39. The van der Waals surface area contributed by atoms with Gasteiger partial charge in [0.05, 0.1) is 5.69 Å². The number of hydrogen-bond acceptors (Lipinski definition) is 3. The molecule has 0 saturated carbocycles. The van der Waals surface area contributed by atoms with Crippen molar-refractivity contribution in [3.05, 3.63) is 29.6 Å². The lowest BCUT2D eigenvalue weighted by Crippen LogP contribution is -2.63. The van der Waals surface area contributed by atoms with Gasteiger partial charge in [0.2, 0.25) is 0 Å². The first kappa shape index (κ1) is 16.4. The summed E-state index contributed by atoms with van der Waals surface area (Å²) in [5.41, 5.74) is 2.87. The van der Waals surface area contributed by atoms with E-state index >= 15 is 0 Å². The maximum absolute atomic E-state index is 4.65. The molecule has 2 atom stereocenters. The molecule has 0 radical (unpaired) electrons. The van der Waals surface area contributed by atoms with Crippen LogP contribution in [0, 0.1) is 5.92 Å². The molecule has 21 heavy (non-hydrogen) atoms. The Labute approximate surface area is 130 Å².